The second-order valence-corrected chi connectivity index (χ2v) is 8.04. The molecule has 0 amide bonds. The highest BCUT2D eigenvalue weighted by atomic mass is 32.2. The molecule has 118 valence electrons. The minimum atomic E-state index is -2.90. The van der Waals surface area contributed by atoms with Crippen LogP contribution < -0.4 is 4.90 Å². The highest BCUT2D eigenvalue weighted by molar-refractivity contribution is 7.91. The van der Waals surface area contributed by atoms with Gasteiger partial charge in [-0.15, -0.1) is 0 Å². The van der Waals surface area contributed by atoms with E-state index in [1.165, 1.54) is 0 Å². The van der Waals surface area contributed by atoms with Crippen molar-refractivity contribution in [1.82, 2.24) is 4.90 Å². The summed E-state index contributed by atoms with van der Waals surface area (Å²) >= 11 is 0. The van der Waals surface area contributed by atoms with Crippen molar-refractivity contribution >= 4 is 15.5 Å². The summed E-state index contributed by atoms with van der Waals surface area (Å²) in [7, 11) is 1.09. The molecule has 6 heteroatoms. The van der Waals surface area contributed by atoms with Gasteiger partial charge in [0.15, 0.2) is 9.84 Å². The fourth-order valence-electron chi connectivity index (χ4n) is 2.72. The number of aliphatic hydroxyl groups excluding tert-OH is 1. The molecule has 1 atom stereocenters. The lowest BCUT2D eigenvalue weighted by molar-refractivity contribution is 0.153. The van der Waals surface area contributed by atoms with E-state index in [1.54, 1.807) is 0 Å². The van der Waals surface area contributed by atoms with Crippen LogP contribution >= 0.6 is 0 Å². The van der Waals surface area contributed by atoms with Crippen LogP contribution in [0.1, 0.15) is 12.0 Å². The van der Waals surface area contributed by atoms with Crippen LogP contribution in [-0.2, 0) is 16.4 Å². The van der Waals surface area contributed by atoms with Crippen molar-refractivity contribution in [2.75, 3.05) is 43.7 Å². The Labute approximate surface area is 127 Å². The Morgan fingerprint density at radius 1 is 1.24 bits per heavy atom. The standard InChI is InChI=1S/C15H24N2O3S/c1-16(2)14-5-3-13(4-6-14)11-17(8-9-18)15-7-10-21(19,20)12-15/h3-6,15,18H,7-12H2,1-2H3. The molecule has 0 aliphatic carbocycles. The summed E-state index contributed by atoms with van der Waals surface area (Å²) < 4.78 is 23.3. The molecule has 0 saturated carbocycles. The first-order valence-electron chi connectivity index (χ1n) is 7.23. The van der Waals surface area contributed by atoms with Crippen molar-refractivity contribution in [3.8, 4) is 0 Å². The molecule has 1 aromatic rings. The molecule has 1 unspecified atom stereocenters. The van der Waals surface area contributed by atoms with Crippen molar-refractivity contribution in [3.05, 3.63) is 29.8 Å². The molecular formula is C15H24N2O3S. The molecule has 5 nitrogen and oxygen atoms in total. The summed E-state index contributed by atoms with van der Waals surface area (Å²) in [4.78, 5) is 4.12. The molecule has 1 aromatic carbocycles. The Morgan fingerprint density at radius 3 is 2.38 bits per heavy atom. The summed E-state index contributed by atoms with van der Waals surface area (Å²) in [5.41, 5.74) is 2.27. The molecule has 1 saturated heterocycles. The monoisotopic (exact) mass is 312 g/mol. The van der Waals surface area contributed by atoms with E-state index < -0.39 is 9.84 Å². The maximum Gasteiger partial charge on any atom is 0.151 e. The fraction of sp³-hybridized carbons (Fsp3) is 0.600. The lowest BCUT2D eigenvalue weighted by Crippen LogP contribution is -2.37. The number of benzene rings is 1. The van der Waals surface area contributed by atoms with E-state index in [9.17, 15) is 13.5 Å². The van der Waals surface area contributed by atoms with Gasteiger partial charge in [0.05, 0.1) is 18.1 Å². The Bertz CT molecular complexity index is 555. The summed E-state index contributed by atoms with van der Waals surface area (Å²) in [6.07, 6.45) is 0.665. The van der Waals surface area contributed by atoms with Gasteiger partial charge in [0.25, 0.3) is 0 Å². The fourth-order valence-corrected chi connectivity index (χ4v) is 4.48. The number of aliphatic hydroxyl groups is 1. The maximum absolute atomic E-state index is 11.6. The van der Waals surface area contributed by atoms with Crippen molar-refractivity contribution in [2.24, 2.45) is 0 Å². The number of anilines is 1. The highest BCUT2D eigenvalue weighted by Gasteiger charge is 2.31. The lowest BCUT2D eigenvalue weighted by atomic mass is 10.1. The summed E-state index contributed by atoms with van der Waals surface area (Å²) in [5.74, 6) is 0.474. The third-order valence-electron chi connectivity index (χ3n) is 3.95. The first-order valence-corrected chi connectivity index (χ1v) is 9.05. The van der Waals surface area contributed by atoms with Crippen LogP contribution in [0.25, 0.3) is 0 Å². The molecule has 2 rings (SSSR count). The number of nitrogens with zero attached hydrogens (tertiary/aromatic N) is 2. The molecule has 0 radical (unpaired) electrons. The Balaban J connectivity index is 2.06. The molecule has 1 aliphatic heterocycles. The zero-order valence-electron chi connectivity index (χ0n) is 12.7. The van der Waals surface area contributed by atoms with E-state index in [-0.39, 0.29) is 24.2 Å². The molecule has 0 spiro atoms. The van der Waals surface area contributed by atoms with Crippen molar-refractivity contribution in [2.45, 2.75) is 19.0 Å². The van der Waals surface area contributed by atoms with Crippen molar-refractivity contribution in [1.29, 1.82) is 0 Å². The Hall–Kier alpha value is -1.11. The van der Waals surface area contributed by atoms with Crippen molar-refractivity contribution in [3.63, 3.8) is 0 Å². The van der Waals surface area contributed by atoms with E-state index in [4.69, 9.17) is 0 Å². The van der Waals surface area contributed by atoms with Gasteiger partial charge in [0, 0.05) is 38.9 Å². The third-order valence-corrected chi connectivity index (χ3v) is 5.70. The van der Waals surface area contributed by atoms with Gasteiger partial charge in [-0.3, -0.25) is 4.90 Å². The van der Waals surface area contributed by atoms with Gasteiger partial charge in [-0.05, 0) is 24.1 Å². The molecule has 21 heavy (non-hydrogen) atoms. The van der Waals surface area contributed by atoms with E-state index >= 15 is 0 Å². The predicted molar refractivity (Wildman–Crippen MR) is 85.3 cm³/mol. The van der Waals surface area contributed by atoms with Crippen LogP contribution in [-0.4, -0.2) is 63.2 Å². The topological polar surface area (TPSA) is 60.9 Å². The van der Waals surface area contributed by atoms with Gasteiger partial charge >= 0.3 is 0 Å². The second kappa shape index (κ2) is 6.77. The molecular weight excluding hydrogens is 288 g/mol. The van der Waals surface area contributed by atoms with E-state index in [0.717, 1.165) is 11.3 Å². The zero-order chi connectivity index (χ0) is 15.5. The van der Waals surface area contributed by atoms with Crippen LogP contribution in [0.3, 0.4) is 0 Å². The predicted octanol–water partition coefficient (Wildman–Crippen LogP) is 0.734. The SMILES string of the molecule is CN(C)c1ccc(CN(CCO)C2CCS(=O)(=O)C2)cc1. The quantitative estimate of drug-likeness (QED) is 0.839. The smallest absolute Gasteiger partial charge is 0.151 e. The summed E-state index contributed by atoms with van der Waals surface area (Å²) in [6.45, 7) is 1.23. The molecule has 1 fully saturated rings. The maximum atomic E-state index is 11.6. The Morgan fingerprint density at radius 2 is 1.90 bits per heavy atom. The average molecular weight is 312 g/mol. The first kappa shape index (κ1) is 16.3. The average Bonchev–Trinajstić information content (AvgIpc) is 2.79. The molecule has 0 aromatic heterocycles. The van der Waals surface area contributed by atoms with E-state index in [0.29, 0.717) is 19.5 Å². The highest BCUT2D eigenvalue weighted by Crippen LogP contribution is 2.20. The number of hydrogen-bond donors (Lipinski definition) is 1. The van der Waals surface area contributed by atoms with E-state index in [2.05, 4.69) is 29.2 Å². The number of sulfone groups is 1. The van der Waals surface area contributed by atoms with Gasteiger partial charge in [0.1, 0.15) is 0 Å². The number of hydrogen-bond acceptors (Lipinski definition) is 5. The van der Waals surface area contributed by atoms with Crippen LogP contribution in [0.2, 0.25) is 0 Å². The normalized spacial score (nSPS) is 20.9. The third kappa shape index (κ3) is 4.43. The van der Waals surface area contributed by atoms with Crippen LogP contribution in [0.4, 0.5) is 5.69 Å². The summed E-state index contributed by atoms with van der Waals surface area (Å²) in [6, 6.07) is 8.25. The minimum absolute atomic E-state index is 0.0238. The minimum Gasteiger partial charge on any atom is -0.395 e. The van der Waals surface area contributed by atoms with Crippen molar-refractivity contribution < 1.29 is 13.5 Å². The largest absolute Gasteiger partial charge is 0.395 e. The van der Waals surface area contributed by atoms with Crippen LogP contribution in [0.5, 0.6) is 0 Å². The zero-order valence-corrected chi connectivity index (χ0v) is 13.5. The molecule has 1 N–H and O–H groups in total. The van der Waals surface area contributed by atoms with Crippen LogP contribution in [0, 0.1) is 0 Å². The van der Waals surface area contributed by atoms with E-state index in [1.807, 2.05) is 19.0 Å². The van der Waals surface area contributed by atoms with Gasteiger partial charge in [-0.1, -0.05) is 12.1 Å². The Kier molecular flexibility index (Phi) is 5.24. The van der Waals surface area contributed by atoms with Gasteiger partial charge in [-0.2, -0.15) is 0 Å². The lowest BCUT2D eigenvalue weighted by Gasteiger charge is -2.27. The molecule has 1 heterocycles. The van der Waals surface area contributed by atoms with Gasteiger partial charge in [0.2, 0.25) is 0 Å². The molecule has 1 aliphatic rings. The second-order valence-electron chi connectivity index (χ2n) is 5.81. The first-order chi connectivity index (χ1) is 9.91. The van der Waals surface area contributed by atoms with Crippen LogP contribution in [0.15, 0.2) is 24.3 Å². The van der Waals surface area contributed by atoms with Gasteiger partial charge in [-0.25, -0.2) is 8.42 Å². The number of rotatable bonds is 6. The summed E-state index contributed by atoms with van der Waals surface area (Å²) in [5, 5.41) is 9.22. The molecule has 0 bridgehead atoms. The van der Waals surface area contributed by atoms with Gasteiger partial charge < -0.3 is 10.0 Å².